The first-order chi connectivity index (χ1) is 11.7. The number of halogens is 3. The molecule has 0 amide bonds. The molecule has 8 heteroatoms. The highest BCUT2D eigenvalue weighted by molar-refractivity contribution is 5.93. The molecule has 1 saturated heterocycles. The first kappa shape index (κ1) is 19.4. The zero-order valence-corrected chi connectivity index (χ0v) is 14.5. The van der Waals surface area contributed by atoms with Crippen LogP contribution in [0.4, 0.5) is 18.9 Å². The van der Waals surface area contributed by atoms with E-state index >= 15 is 0 Å². The molecule has 25 heavy (non-hydrogen) atoms. The van der Waals surface area contributed by atoms with Gasteiger partial charge in [0.15, 0.2) is 11.7 Å². The van der Waals surface area contributed by atoms with E-state index in [-0.39, 0.29) is 23.4 Å². The summed E-state index contributed by atoms with van der Waals surface area (Å²) in [5, 5.41) is 2.68. The molecule has 0 radical (unpaired) electrons. The maximum Gasteiger partial charge on any atom is 0.573 e. The summed E-state index contributed by atoms with van der Waals surface area (Å²) >= 11 is 0. The summed E-state index contributed by atoms with van der Waals surface area (Å²) in [6.45, 7) is 6.88. The minimum absolute atomic E-state index is 0.0652. The fourth-order valence-corrected chi connectivity index (χ4v) is 2.78. The highest BCUT2D eigenvalue weighted by Crippen LogP contribution is 2.29. The van der Waals surface area contributed by atoms with Crippen LogP contribution < -0.4 is 15.8 Å². The summed E-state index contributed by atoms with van der Waals surface area (Å²) in [7, 11) is 0. The lowest BCUT2D eigenvalue weighted by molar-refractivity contribution is -0.274. The quantitative estimate of drug-likeness (QED) is 0.625. The lowest BCUT2D eigenvalue weighted by Gasteiger charge is -2.34. The highest BCUT2D eigenvalue weighted by atomic mass is 19.4. The number of benzene rings is 1. The number of likely N-dealkylation sites (tertiary alicyclic amines) is 1. The van der Waals surface area contributed by atoms with Crippen molar-refractivity contribution in [3.8, 4) is 5.75 Å². The molecule has 1 aromatic rings. The van der Waals surface area contributed by atoms with E-state index < -0.39 is 6.36 Å². The van der Waals surface area contributed by atoms with Gasteiger partial charge < -0.3 is 15.8 Å². The summed E-state index contributed by atoms with van der Waals surface area (Å²) in [4.78, 5) is 6.61. The average Bonchev–Trinajstić information content (AvgIpc) is 2.54. The molecule has 0 aromatic heterocycles. The van der Waals surface area contributed by atoms with Gasteiger partial charge in [0.25, 0.3) is 0 Å². The van der Waals surface area contributed by atoms with E-state index in [1.165, 1.54) is 31.0 Å². The van der Waals surface area contributed by atoms with Crippen molar-refractivity contribution >= 4 is 11.6 Å². The molecule has 140 valence electrons. The summed E-state index contributed by atoms with van der Waals surface area (Å²) in [6, 6.07) is 5.96. The molecule has 0 spiro atoms. The van der Waals surface area contributed by atoms with Crippen LogP contribution >= 0.6 is 0 Å². The lowest BCUT2D eigenvalue weighted by Crippen LogP contribution is -2.41. The Morgan fingerprint density at radius 2 is 2.00 bits per heavy atom. The van der Waals surface area contributed by atoms with Gasteiger partial charge in [0.05, 0.1) is 12.2 Å². The van der Waals surface area contributed by atoms with E-state index in [2.05, 4.69) is 33.8 Å². The maximum absolute atomic E-state index is 12.4. The van der Waals surface area contributed by atoms with Crippen molar-refractivity contribution in [2.75, 3.05) is 25.0 Å². The standard InChI is InChI=1S/C17H25F3N4O/c1-12-7-9-24(10-8-12)13(2)11-22-16(21)23-14-5-3-4-6-15(14)25-17(18,19)20/h3-6,12-13H,7-11H2,1-2H3,(H3,21,22,23). The SMILES string of the molecule is CC1CCN(C(C)CN=C(N)Nc2ccccc2OC(F)(F)F)CC1. The minimum atomic E-state index is -4.76. The highest BCUT2D eigenvalue weighted by Gasteiger charge is 2.32. The van der Waals surface area contributed by atoms with Crippen molar-refractivity contribution in [1.29, 1.82) is 0 Å². The van der Waals surface area contributed by atoms with E-state index in [4.69, 9.17) is 5.73 Å². The van der Waals surface area contributed by atoms with Gasteiger partial charge in [-0.3, -0.25) is 9.89 Å². The number of hydrogen-bond acceptors (Lipinski definition) is 3. The Labute approximate surface area is 146 Å². The van der Waals surface area contributed by atoms with Crippen LogP contribution in [0.3, 0.4) is 0 Å². The molecule has 1 atom stereocenters. The van der Waals surface area contributed by atoms with E-state index in [1.54, 1.807) is 6.07 Å². The summed E-state index contributed by atoms with van der Waals surface area (Å²) in [5.74, 6) is 0.477. The number of piperidine rings is 1. The molecule has 1 fully saturated rings. The van der Waals surface area contributed by atoms with Crippen LogP contribution in [0.2, 0.25) is 0 Å². The van der Waals surface area contributed by atoms with Crippen LogP contribution in [0.1, 0.15) is 26.7 Å². The number of aliphatic imine (C=N–C) groups is 1. The van der Waals surface area contributed by atoms with Crippen molar-refractivity contribution in [2.45, 2.75) is 39.1 Å². The van der Waals surface area contributed by atoms with Crippen LogP contribution in [-0.2, 0) is 0 Å². The Hall–Kier alpha value is -1.96. The van der Waals surface area contributed by atoms with Crippen LogP contribution in [0.15, 0.2) is 29.3 Å². The van der Waals surface area contributed by atoms with Gasteiger partial charge in [-0.05, 0) is 50.9 Å². The first-order valence-corrected chi connectivity index (χ1v) is 8.40. The molecule has 1 unspecified atom stereocenters. The van der Waals surface area contributed by atoms with Crippen LogP contribution in [0.25, 0.3) is 0 Å². The zero-order chi connectivity index (χ0) is 18.4. The number of para-hydroxylation sites is 2. The summed E-state index contributed by atoms with van der Waals surface area (Å²) < 4.78 is 41.3. The second-order valence-electron chi connectivity index (χ2n) is 6.46. The van der Waals surface area contributed by atoms with Crippen LogP contribution in [-0.4, -0.2) is 42.9 Å². The number of rotatable bonds is 5. The largest absolute Gasteiger partial charge is 0.573 e. The molecule has 3 N–H and O–H groups in total. The maximum atomic E-state index is 12.4. The molecule has 0 aliphatic carbocycles. The number of ether oxygens (including phenoxy) is 1. The molecule has 5 nitrogen and oxygen atoms in total. The van der Waals surface area contributed by atoms with Gasteiger partial charge >= 0.3 is 6.36 Å². The topological polar surface area (TPSA) is 62.9 Å². The molecule has 1 heterocycles. The van der Waals surface area contributed by atoms with Crippen LogP contribution in [0.5, 0.6) is 5.75 Å². The molecular formula is C17H25F3N4O. The molecule has 1 aliphatic rings. The third-order valence-corrected chi connectivity index (χ3v) is 4.34. The van der Waals surface area contributed by atoms with E-state index in [1.807, 2.05) is 0 Å². The zero-order valence-electron chi connectivity index (χ0n) is 14.5. The predicted octanol–water partition coefficient (Wildman–Crippen LogP) is 3.43. The number of guanidine groups is 1. The third kappa shape index (κ3) is 6.45. The van der Waals surface area contributed by atoms with Gasteiger partial charge in [0, 0.05) is 6.04 Å². The van der Waals surface area contributed by atoms with E-state index in [9.17, 15) is 13.2 Å². The molecule has 0 bridgehead atoms. The number of nitrogens with one attached hydrogen (secondary N) is 1. The molecular weight excluding hydrogens is 333 g/mol. The minimum Gasteiger partial charge on any atom is -0.404 e. The fourth-order valence-electron chi connectivity index (χ4n) is 2.78. The molecule has 2 rings (SSSR count). The van der Waals surface area contributed by atoms with E-state index in [0.717, 1.165) is 19.0 Å². The smallest absolute Gasteiger partial charge is 0.404 e. The van der Waals surface area contributed by atoms with Crippen molar-refractivity contribution < 1.29 is 17.9 Å². The number of nitrogens with zero attached hydrogens (tertiary/aromatic N) is 2. The van der Waals surface area contributed by atoms with Gasteiger partial charge in [0.2, 0.25) is 0 Å². The number of hydrogen-bond donors (Lipinski definition) is 2. The Morgan fingerprint density at radius 3 is 2.64 bits per heavy atom. The van der Waals surface area contributed by atoms with Crippen LogP contribution in [0, 0.1) is 5.92 Å². The summed E-state index contributed by atoms with van der Waals surface area (Å²) in [5.41, 5.74) is 5.95. The monoisotopic (exact) mass is 358 g/mol. The third-order valence-electron chi connectivity index (χ3n) is 4.34. The van der Waals surface area contributed by atoms with Gasteiger partial charge in [0.1, 0.15) is 0 Å². The molecule has 0 saturated carbocycles. The number of anilines is 1. The van der Waals surface area contributed by atoms with Gasteiger partial charge in [-0.1, -0.05) is 19.1 Å². The predicted molar refractivity (Wildman–Crippen MR) is 92.7 cm³/mol. The van der Waals surface area contributed by atoms with Gasteiger partial charge in [-0.25, -0.2) is 0 Å². The summed E-state index contributed by atoms with van der Waals surface area (Å²) in [6.07, 6.45) is -2.42. The lowest BCUT2D eigenvalue weighted by atomic mass is 9.98. The molecule has 1 aromatic carbocycles. The Balaban J connectivity index is 1.93. The number of alkyl halides is 3. The normalized spacial score (nSPS) is 18.8. The fraction of sp³-hybridized carbons (Fsp3) is 0.588. The number of nitrogens with two attached hydrogens (primary N) is 1. The second kappa shape index (κ2) is 8.42. The van der Waals surface area contributed by atoms with Gasteiger partial charge in [-0.2, -0.15) is 0 Å². The van der Waals surface area contributed by atoms with Gasteiger partial charge in [-0.15, -0.1) is 13.2 Å². The van der Waals surface area contributed by atoms with Crippen molar-refractivity contribution in [3.05, 3.63) is 24.3 Å². The Bertz CT molecular complexity index is 584. The van der Waals surface area contributed by atoms with Crippen molar-refractivity contribution in [3.63, 3.8) is 0 Å². The first-order valence-electron chi connectivity index (χ1n) is 8.40. The van der Waals surface area contributed by atoms with Crippen molar-refractivity contribution in [2.24, 2.45) is 16.6 Å². The Kier molecular flexibility index (Phi) is 6.52. The Morgan fingerprint density at radius 1 is 1.36 bits per heavy atom. The van der Waals surface area contributed by atoms with Crippen molar-refractivity contribution in [1.82, 2.24) is 4.90 Å². The second-order valence-corrected chi connectivity index (χ2v) is 6.46. The average molecular weight is 358 g/mol. The van der Waals surface area contributed by atoms with E-state index in [0.29, 0.717) is 6.54 Å². The molecule has 1 aliphatic heterocycles.